The van der Waals surface area contributed by atoms with Gasteiger partial charge in [-0.15, -0.1) is 11.8 Å². The molecule has 0 spiro atoms. The number of rotatable bonds is 2. The third kappa shape index (κ3) is 2.49. The van der Waals surface area contributed by atoms with Gasteiger partial charge in [0.2, 0.25) is 0 Å². The molecule has 0 atom stereocenters. The van der Waals surface area contributed by atoms with Crippen LogP contribution in [-0.4, -0.2) is 18.6 Å². The van der Waals surface area contributed by atoms with Crippen LogP contribution in [-0.2, 0) is 0 Å². The molecule has 1 heterocycles. The third-order valence-corrected chi connectivity index (χ3v) is 4.44. The number of carbonyl (C=O) groups excluding carboxylic acids is 1. The Hall–Kier alpha value is -2.00. The van der Waals surface area contributed by atoms with Crippen LogP contribution in [0.4, 0.5) is 5.69 Å². The largest absolute Gasteiger partial charge is 0.351 e. The van der Waals surface area contributed by atoms with E-state index in [0.717, 1.165) is 27.5 Å². The molecular formula is C17H15NOS. The van der Waals surface area contributed by atoms with Gasteiger partial charge in [0.1, 0.15) is 0 Å². The molecule has 2 aromatic rings. The molecule has 2 aromatic carbocycles. The molecule has 0 unspecified atom stereocenters. The van der Waals surface area contributed by atoms with Crippen molar-refractivity contribution in [1.82, 2.24) is 0 Å². The number of para-hydroxylation sites is 1. The van der Waals surface area contributed by atoms with Crippen LogP contribution in [0.2, 0.25) is 0 Å². The van der Waals surface area contributed by atoms with Crippen LogP contribution in [0, 0.1) is 0 Å². The average Bonchev–Trinajstić information content (AvgIpc) is 2.51. The molecule has 0 aromatic heterocycles. The lowest BCUT2D eigenvalue weighted by Crippen LogP contribution is -2.17. The van der Waals surface area contributed by atoms with Crippen molar-refractivity contribution in [1.29, 1.82) is 0 Å². The van der Waals surface area contributed by atoms with Crippen LogP contribution >= 0.6 is 11.8 Å². The number of anilines is 1. The minimum absolute atomic E-state index is 0.141. The van der Waals surface area contributed by atoms with Crippen molar-refractivity contribution in [2.45, 2.75) is 4.90 Å². The Bertz CT molecular complexity index is 664. The summed E-state index contributed by atoms with van der Waals surface area (Å²) in [6, 6.07) is 17.9. The SMILES string of the molecule is CN(C=C1CSc2ccccc2C1=O)c1ccccc1. The lowest BCUT2D eigenvalue weighted by atomic mass is 10.0. The van der Waals surface area contributed by atoms with Crippen LogP contribution in [0.25, 0.3) is 0 Å². The number of ketones is 1. The highest BCUT2D eigenvalue weighted by atomic mass is 32.2. The zero-order valence-corrected chi connectivity index (χ0v) is 12.1. The van der Waals surface area contributed by atoms with Crippen LogP contribution in [0.15, 0.2) is 71.3 Å². The first-order chi connectivity index (χ1) is 9.75. The molecular weight excluding hydrogens is 266 g/mol. The third-order valence-electron chi connectivity index (χ3n) is 3.32. The van der Waals surface area contributed by atoms with Gasteiger partial charge in [-0.1, -0.05) is 30.3 Å². The van der Waals surface area contributed by atoms with Crippen molar-refractivity contribution >= 4 is 23.2 Å². The summed E-state index contributed by atoms with van der Waals surface area (Å²) in [6.45, 7) is 0. The first-order valence-corrected chi connectivity index (χ1v) is 7.49. The van der Waals surface area contributed by atoms with E-state index >= 15 is 0 Å². The summed E-state index contributed by atoms with van der Waals surface area (Å²) in [5.74, 6) is 0.870. The second kappa shape index (κ2) is 5.55. The molecule has 1 aliphatic rings. The van der Waals surface area contributed by atoms with Crippen molar-refractivity contribution in [3.05, 3.63) is 71.9 Å². The van der Waals surface area contributed by atoms with Crippen molar-refractivity contribution < 1.29 is 4.79 Å². The van der Waals surface area contributed by atoms with Gasteiger partial charge in [0.15, 0.2) is 5.78 Å². The summed E-state index contributed by atoms with van der Waals surface area (Å²) in [4.78, 5) is 15.6. The first-order valence-electron chi connectivity index (χ1n) is 6.51. The van der Waals surface area contributed by atoms with Crippen molar-refractivity contribution in [2.24, 2.45) is 0 Å². The van der Waals surface area contributed by atoms with Crippen LogP contribution in [0.5, 0.6) is 0 Å². The minimum Gasteiger partial charge on any atom is -0.351 e. The van der Waals surface area contributed by atoms with Crippen LogP contribution < -0.4 is 4.90 Å². The highest BCUT2D eigenvalue weighted by Gasteiger charge is 2.22. The number of fused-ring (bicyclic) bond motifs is 1. The van der Waals surface area contributed by atoms with E-state index in [1.165, 1.54) is 0 Å². The molecule has 0 saturated heterocycles. The van der Waals surface area contributed by atoms with Gasteiger partial charge < -0.3 is 4.90 Å². The molecule has 0 radical (unpaired) electrons. The average molecular weight is 281 g/mol. The maximum absolute atomic E-state index is 12.5. The molecule has 2 nitrogen and oxygen atoms in total. The van der Waals surface area contributed by atoms with E-state index in [9.17, 15) is 4.79 Å². The molecule has 3 rings (SSSR count). The Morgan fingerprint density at radius 2 is 1.75 bits per heavy atom. The molecule has 0 N–H and O–H groups in total. The van der Waals surface area contributed by atoms with Gasteiger partial charge in [-0.25, -0.2) is 0 Å². The van der Waals surface area contributed by atoms with E-state index in [2.05, 4.69) is 0 Å². The summed E-state index contributed by atoms with van der Waals surface area (Å²) in [5.41, 5.74) is 2.74. The quantitative estimate of drug-likeness (QED) is 0.776. The number of nitrogens with zero attached hydrogens (tertiary/aromatic N) is 1. The molecule has 0 saturated carbocycles. The Morgan fingerprint density at radius 1 is 1.05 bits per heavy atom. The van der Waals surface area contributed by atoms with E-state index in [1.807, 2.05) is 72.7 Å². The predicted molar refractivity (Wildman–Crippen MR) is 84.4 cm³/mol. The molecule has 3 heteroatoms. The Labute approximate surface area is 123 Å². The Balaban J connectivity index is 1.89. The molecule has 0 bridgehead atoms. The predicted octanol–water partition coefficient (Wildman–Crippen LogP) is 4.00. The topological polar surface area (TPSA) is 20.3 Å². The minimum atomic E-state index is 0.141. The van der Waals surface area contributed by atoms with Crippen molar-refractivity contribution in [2.75, 3.05) is 17.7 Å². The smallest absolute Gasteiger partial charge is 0.192 e. The van der Waals surface area contributed by atoms with Gasteiger partial charge >= 0.3 is 0 Å². The fourth-order valence-electron chi connectivity index (χ4n) is 2.24. The second-order valence-corrected chi connectivity index (χ2v) is 5.73. The maximum Gasteiger partial charge on any atom is 0.192 e. The molecule has 0 aliphatic carbocycles. The number of thioether (sulfide) groups is 1. The summed E-state index contributed by atoms with van der Waals surface area (Å²) in [6.07, 6.45) is 1.95. The van der Waals surface area contributed by atoms with E-state index in [4.69, 9.17) is 0 Å². The number of hydrogen-bond donors (Lipinski definition) is 0. The summed E-state index contributed by atoms with van der Waals surface area (Å²) < 4.78 is 0. The number of carbonyl (C=O) groups is 1. The van der Waals surface area contributed by atoms with E-state index in [-0.39, 0.29) is 5.78 Å². The monoisotopic (exact) mass is 281 g/mol. The fraction of sp³-hybridized carbons (Fsp3) is 0.118. The van der Waals surface area contributed by atoms with Gasteiger partial charge in [-0.2, -0.15) is 0 Å². The zero-order chi connectivity index (χ0) is 13.9. The van der Waals surface area contributed by atoms with Gasteiger partial charge in [0.25, 0.3) is 0 Å². The molecule has 100 valence electrons. The molecule has 1 aliphatic heterocycles. The highest BCUT2D eigenvalue weighted by Crippen LogP contribution is 2.32. The normalized spacial score (nSPS) is 16.1. The highest BCUT2D eigenvalue weighted by molar-refractivity contribution is 7.99. The van der Waals surface area contributed by atoms with Crippen LogP contribution in [0.1, 0.15) is 10.4 Å². The lowest BCUT2D eigenvalue weighted by molar-refractivity contribution is 0.103. The van der Waals surface area contributed by atoms with Crippen molar-refractivity contribution in [3.63, 3.8) is 0 Å². The number of hydrogen-bond acceptors (Lipinski definition) is 3. The Morgan fingerprint density at radius 3 is 2.55 bits per heavy atom. The van der Waals surface area contributed by atoms with Gasteiger partial charge in [-0.3, -0.25) is 4.79 Å². The van der Waals surface area contributed by atoms with E-state index < -0.39 is 0 Å². The first kappa shape index (κ1) is 13.0. The molecule has 0 amide bonds. The molecule has 20 heavy (non-hydrogen) atoms. The summed E-state index contributed by atoms with van der Waals surface area (Å²) in [5, 5.41) is 0. The van der Waals surface area contributed by atoms with Gasteiger partial charge in [0, 0.05) is 40.7 Å². The summed E-state index contributed by atoms with van der Waals surface area (Å²) >= 11 is 1.72. The second-order valence-electron chi connectivity index (χ2n) is 4.71. The fourth-order valence-corrected chi connectivity index (χ4v) is 3.25. The number of benzene rings is 2. The zero-order valence-electron chi connectivity index (χ0n) is 11.2. The Kier molecular flexibility index (Phi) is 3.61. The lowest BCUT2D eigenvalue weighted by Gasteiger charge is -2.20. The van der Waals surface area contributed by atoms with Gasteiger partial charge in [-0.05, 0) is 24.3 Å². The van der Waals surface area contributed by atoms with Crippen molar-refractivity contribution in [3.8, 4) is 0 Å². The summed E-state index contributed by atoms with van der Waals surface area (Å²) in [7, 11) is 1.97. The number of Topliss-reactive ketones (excluding diaryl/α,β-unsaturated/α-hetero) is 1. The maximum atomic E-state index is 12.5. The van der Waals surface area contributed by atoms with E-state index in [1.54, 1.807) is 11.8 Å². The molecule has 0 fully saturated rings. The van der Waals surface area contributed by atoms with Gasteiger partial charge in [0.05, 0.1) is 0 Å². The van der Waals surface area contributed by atoms with E-state index in [0.29, 0.717) is 0 Å². The van der Waals surface area contributed by atoms with Crippen LogP contribution in [0.3, 0.4) is 0 Å². The standard InChI is InChI=1S/C17H15NOS/c1-18(14-7-3-2-4-8-14)11-13-12-20-16-10-6-5-9-15(16)17(13)19/h2-11H,12H2,1H3.